The van der Waals surface area contributed by atoms with Crippen LogP contribution in [0.2, 0.25) is 0 Å². The average Bonchev–Trinajstić information content (AvgIpc) is 2.27. The highest BCUT2D eigenvalue weighted by atomic mass is 32.2. The van der Waals surface area contributed by atoms with Crippen molar-refractivity contribution in [2.24, 2.45) is 0 Å². The van der Waals surface area contributed by atoms with Gasteiger partial charge in [-0.25, -0.2) is 0 Å². The second kappa shape index (κ2) is 6.61. The third-order valence-electron chi connectivity index (χ3n) is 1.90. The third kappa shape index (κ3) is 4.74. The Balaban J connectivity index is 2.88. The van der Waals surface area contributed by atoms with Crippen LogP contribution < -0.4 is 10.6 Å². The van der Waals surface area contributed by atoms with E-state index < -0.39 is 0 Å². The first kappa shape index (κ1) is 14.0. The number of aromatic nitrogens is 3. The third-order valence-corrected chi connectivity index (χ3v) is 2.45. The molecule has 2 N–H and O–H groups in total. The average molecular weight is 257 g/mol. The topological polar surface area (TPSA) is 72.0 Å². The smallest absolute Gasteiger partial charge is 0.230 e. The molecule has 0 aliphatic heterocycles. The predicted molar refractivity (Wildman–Crippen MR) is 70.5 cm³/mol. The van der Waals surface area contributed by atoms with Crippen LogP contribution in [0.1, 0.15) is 20.8 Å². The van der Waals surface area contributed by atoms with Gasteiger partial charge in [0.2, 0.25) is 11.9 Å². The molecule has 0 aromatic carbocycles. The zero-order valence-electron chi connectivity index (χ0n) is 10.8. The van der Waals surface area contributed by atoms with Crippen molar-refractivity contribution in [1.29, 1.82) is 0 Å². The van der Waals surface area contributed by atoms with E-state index in [0.717, 1.165) is 0 Å². The second-order valence-electron chi connectivity index (χ2n) is 3.79. The molecule has 0 bridgehead atoms. The number of nitrogens with zero attached hydrogens (tertiary/aromatic N) is 3. The van der Waals surface area contributed by atoms with Crippen molar-refractivity contribution in [3.8, 4) is 0 Å². The highest BCUT2D eigenvalue weighted by Gasteiger charge is 2.08. The summed E-state index contributed by atoms with van der Waals surface area (Å²) in [5.74, 6) is 1.09. The van der Waals surface area contributed by atoms with Gasteiger partial charge in [-0.3, -0.25) is 0 Å². The lowest BCUT2D eigenvalue weighted by Crippen LogP contribution is -2.20. The maximum absolute atomic E-state index is 5.11. The molecule has 96 valence electrons. The van der Waals surface area contributed by atoms with E-state index in [1.54, 1.807) is 7.11 Å². The molecule has 0 fully saturated rings. The SMILES string of the molecule is COC(C)Nc1nc(NC(C)C)nc(SC)n1. The minimum atomic E-state index is -0.140. The quantitative estimate of drug-likeness (QED) is 0.595. The Bertz CT molecular complexity index is 361. The molecule has 0 radical (unpaired) electrons. The zero-order chi connectivity index (χ0) is 12.8. The molecule has 1 rings (SSSR count). The van der Waals surface area contributed by atoms with Crippen LogP contribution in [0.3, 0.4) is 0 Å². The summed E-state index contributed by atoms with van der Waals surface area (Å²) in [7, 11) is 1.63. The number of anilines is 2. The molecule has 1 atom stereocenters. The maximum Gasteiger partial charge on any atom is 0.230 e. The van der Waals surface area contributed by atoms with Crippen LogP contribution in [-0.4, -0.2) is 40.6 Å². The van der Waals surface area contributed by atoms with Gasteiger partial charge in [-0.1, -0.05) is 11.8 Å². The first-order valence-corrected chi connectivity index (χ1v) is 6.63. The van der Waals surface area contributed by atoms with Crippen molar-refractivity contribution in [3.05, 3.63) is 0 Å². The normalized spacial score (nSPS) is 12.6. The van der Waals surface area contributed by atoms with Gasteiger partial charge in [0.1, 0.15) is 6.23 Å². The lowest BCUT2D eigenvalue weighted by Gasteiger charge is -2.14. The fourth-order valence-electron chi connectivity index (χ4n) is 1.08. The van der Waals surface area contributed by atoms with E-state index in [1.807, 2.05) is 27.0 Å². The summed E-state index contributed by atoms with van der Waals surface area (Å²) in [5, 5.41) is 6.87. The van der Waals surface area contributed by atoms with E-state index in [2.05, 4.69) is 25.6 Å². The molecule has 1 aromatic heterocycles. The number of hydrogen-bond acceptors (Lipinski definition) is 7. The summed E-state index contributed by atoms with van der Waals surface area (Å²) in [6.07, 6.45) is 1.79. The van der Waals surface area contributed by atoms with E-state index >= 15 is 0 Å². The predicted octanol–water partition coefficient (Wildman–Crippen LogP) is 1.82. The molecule has 0 aliphatic rings. The molecular formula is C10H19N5OS. The minimum Gasteiger partial charge on any atom is -0.362 e. The Morgan fingerprint density at radius 3 is 2.12 bits per heavy atom. The summed E-state index contributed by atoms with van der Waals surface area (Å²) in [6, 6.07) is 0.278. The molecule has 0 saturated carbocycles. The van der Waals surface area contributed by atoms with Crippen molar-refractivity contribution >= 4 is 23.7 Å². The molecule has 17 heavy (non-hydrogen) atoms. The van der Waals surface area contributed by atoms with Crippen molar-refractivity contribution in [2.45, 2.75) is 38.2 Å². The minimum absolute atomic E-state index is 0.140. The fourth-order valence-corrected chi connectivity index (χ4v) is 1.43. The van der Waals surface area contributed by atoms with Crippen LogP contribution in [0.25, 0.3) is 0 Å². The highest BCUT2D eigenvalue weighted by molar-refractivity contribution is 7.98. The molecule has 0 saturated heterocycles. The standard InChI is InChI=1S/C10H19N5OS/c1-6(2)11-8-13-9(12-7(3)16-4)15-10(14-8)17-5/h6-7H,1-5H3,(H2,11,12,13,14,15). The van der Waals surface area contributed by atoms with E-state index in [1.165, 1.54) is 11.8 Å². The van der Waals surface area contributed by atoms with Crippen LogP contribution in [0.5, 0.6) is 0 Å². The number of thioether (sulfide) groups is 1. The van der Waals surface area contributed by atoms with Gasteiger partial charge in [-0.2, -0.15) is 15.0 Å². The van der Waals surface area contributed by atoms with Crippen LogP contribution in [0.4, 0.5) is 11.9 Å². The van der Waals surface area contributed by atoms with Gasteiger partial charge in [0.15, 0.2) is 5.16 Å². The number of hydrogen-bond donors (Lipinski definition) is 2. The summed E-state index contributed by atoms with van der Waals surface area (Å²) in [4.78, 5) is 12.8. The Kier molecular flexibility index (Phi) is 5.43. The summed E-state index contributed by atoms with van der Waals surface area (Å²) in [6.45, 7) is 5.96. The van der Waals surface area contributed by atoms with Gasteiger partial charge in [0.25, 0.3) is 0 Å². The molecule has 1 aromatic rings. The highest BCUT2D eigenvalue weighted by Crippen LogP contribution is 2.14. The van der Waals surface area contributed by atoms with E-state index in [9.17, 15) is 0 Å². The molecule has 6 nitrogen and oxygen atoms in total. The van der Waals surface area contributed by atoms with Gasteiger partial charge in [0, 0.05) is 13.2 Å². The molecule has 0 amide bonds. The van der Waals surface area contributed by atoms with E-state index in [-0.39, 0.29) is 12.3 Å². The van der Waals surface area contributed by atoms with Gasteiger partial charge in [0.05, 0.1) is 0 Å². The Labute approximate surface area is 106 Å². The second-order valence-corrected chi connectivity index (χ2v) is 4.56. The largest absolute Gasteiger partial charge is 0.362 e. The first-order valence-electron chi connectivity index (χ1n) is 5.41. The summed E-state index contributed by atoms with van der Waals surface area (Å²) >= 11 is 1.48. The van der Waals surface area contributed by atoms with Crippen LogP contribution >= 0.6 is 11.8 Å². The first-order chi connectivity index (χ1) is 8.05. The van der Waals surface area contributed by atoms with E-state index in [0.29, 0.717) is 17.1 Å². The zero-order valence-corrected chi connectivity index (χ0v) is 11.6. The van der Waals surface area contributed by atoms with Crippen molar-refractivity contribution in [3.63, 3.8) is 0 Å². The lowest BCUT2D eigenvalue weighted by atomic mass is 10.4. The monoisotopic (exact) mass is 257 g/mol. The number of nitrogens with one attached hydrogen (secondary N) is 2. The Morgan fingerprint density at radius 1 is 1.06 bits per heavy atom. The van der Waals surface area contributed by atoms with Crippen LogP contribution in [0.15, 0.2) is 5.16 Å². The fraction of sp³-hybridized carbons (Fsp3) is 0.700. The number of ether oxygens (including phenoxy) is 1. The molecule has 0 spiro atoms. The summed E-state index contributed by atoms with van der Waals surface area (Å²) in [5.41, 5.74) is 0. The molecular weight excluding hydrogens is 238 g/mol. The van der Waals surface area contributed by atoms with Gasteiger partial charge >= 0.3 is 0 Å². The maximum atomic E-state index is 5.11. The Hall–Kier alpha value is -1.08. The van der Waals surface area contributed by atoms with Crippen molar-refractivity contribution < 1.29 is 4.74 Å². The Morgan fingerprint density at radius 2 is 1.65 bits per heavy atom. The lowest BCUT2D eigenvalue weighted by molar-refractivity contribution is 0.140. The van der Waals surface area contributed by atoms with Crippen molar-refractivity contribution in [1.82, 2.24) is 15.0 Å². The van der Waals surface area contributed by atoms with Gasteiger partial charge in [-0.05, 0) is 27.0 Å². The van der Waals surface area contributed by atoms with Gasteiger partial charge in [-0.15, -0.1) is 0 Å². The van der Waals surface area contributed by atoms with Crippen LogP contribution in [0, 0.1) is 0 Å². The number of rotatable bonds is 6. The molecule has 1 unspecified atom stereocenters. The van der Waals surface area contributed by atoms with Gasteiger partial charge < -0.3 is 15.4 Å². The van der Waals surface area contributed by atoms with E-state index in [4.69, 9.17) is 4.74 Å². The molecule has 7 heteroatoms. The summed E-state index contributed by atoms with van der Waals surface area (Å²) < 4.78 is 5.11. The van der Waals surface area contributed by atoms with Crippen molar-refractivity contribution in [2.75, 3.05) is 24.0 Å². The van der Waals surface area contributed by atoms with Crippen LogP contribution in [-0.2, 0) is 4.74 Å². The molecule has 1 heterocycles. The molecule has 0 aliphatic carbocycles. The number of methoxy groups -OCH3 is 1.